The Morgan fingerprint density at radius 2 is 0.698 bits per heavy atom. The predicted octanol–water partition coefficient (Wildman–Crippen LogP) is 13.4. The van der Waals surface area contributed by atoms with E-state index in [9.17, 15) is 0 Å². The molecule has 0 saturated carbocycles. The Hall–Kier alpha value is -6.64. The smallest absolute Gasteiger partial charge is 0.0541 e. The molecule has 0 unspecified atom stereocenters. The number of fused-ring (bicyclic) bond motifs is 9. The molecule has 10 aromatic rings. The number of rotatable bonds is 4. The van der Waals surface area contributed by atoms with Crippen molar-refractivity contribution >= 4 is 43.6 Å². The predicted molar refractivity (Wildman–Crippen MR) is 224 cm³/mol. The standard InChI is InChI=1S/C51H36N2/c1-32-13-21-48-44(25-32)46-30-36(19-23-50(46)52(48)40-9-5-3-6-10-40)34-15-17-38-27-39-18-16-35(29-43(39)42(38)28-34)37-20-24-51-47(31-37)45-26-33(2)14-22-49(45)53(51)41-11-7-4-8-12-41/h3-26,28-31H,27H2,1-2H3. The Morgan fingerprint density at radius 1 is 0.340 bits per heavy atom. The molecule has 11 rings (SSSR count). The average molecular weight is 677 g/mol. The lowest BCUT2D eigenvalue weighted by atomic mass is 9.95. The van der Waals surface area contributed by atoms with E-state index in [2.05, 4.69) is 193 Å². The number of benzene rings is 8. The van der Waals surface area contributed by atoms with Crippen LogP contribution in [-0.2, 0) is 6.42 Å². The first-order valence-corrected chi connectivity index (χ1v) is 18.5. The zero-order valence-corrected chi connectivity index (χ0v) is 29.8. The van der Waals surface area contributed by atoms with Crippen molar-refractivity contribution in [2.45, 2.75) is 20.3 Å². The number of aryl methyl sites for hydroxylation is 2. The Kier molecular flexibility index (Phi) is 6.48. The van der Waals surface area contributed by atoms with Crippen molar-refractivity contribution in [2.75, 3.05) is 0 Å². The van der Waals surface area contributed by atoms with E-state index < -0.39 is 0 Å². The Labute approximate surface area is 308 Å². The van der Waals surface area contributed by atoms with Crippen LogP contribution in [0.1, 0.15) is 22.3 Å². The highest BCUT2D eigenvalue weighted by Crippen LogP contribution is 2.43. The first-order valence-electron chi connectivity index (χ1n) is 18.5. The molecule has 2 heterocycles. The highest BCUT2D eigenvalue weighted by molar-refractivity contribution is 6.12. The summed E-state index contributed by atoms with van der Waals surface area (Å²) in [7, 11) is 0. The zero-order valence-electron chi connectivity index (χ0n) is 29.8. The van der Waals surface area contributed by atoms with Crippen LogP contribution in [0.3, 0.4) is 0 Å². The third-order valence-corrected chi connectivity index (χ3v) is 11.4. The largest absolute Gasteiger partial charge is 0.309 e. The van der Waals surface area contributed by atoms with Gasteiger partial charge in [0.1, 0.15) is 0 Å². The lowest BCUT2D eigenvalue weighted by Gasteiger charge is -2.10. The van der Waals surface area contributed by atoms with Gasteiger partial charge in [0, 0.05) is 32.9 Å². The van der Waals surface area contributed by atoms with Gasteiger partial charge in [0.05, 0.1) is 22.1 Å². The summed E-state index contributed by atoms with van der Waals surface area (Å²) in [5.41, 5.74) is 20.3. The average Bonchev–Trinajstić information content (AvgIpc) is 3.84. The third-order valence-electron chi connectivity index (χ3n) is 11.4. The molecular weight excluding hydrogens is 641 g/mol. The molecular formula is C51H36N2. The minimum atomic E-state index is 0.969. The lowest BCUT2D eigenvalue weighted by Crippen LogP contribution is -1.93. The molecule has 0 radical (unpaired) electrons. The topological polar surface area (TPSA) is 9.86 Å². The van der Waals surface area contributed by atoms with E-state index in [0.29, 0.717) is 0 Å². The fourth-order valence-corrected chi connectivity index (χ4v) is 8.87. The summed E-state index contributed by atoms with van der Waals surface area (Å²) in [6.45, 7) is 4.37. The van der Waals surface area contributed by atoms with Gasteiger partial charge in [0.15, 0.2) is 0 Å². The summed E-state index contributed by atoms with van der Waals surface area (Å²) in [5.74, 6) is 0. The fourth-order valence-electron chi connectivity index (χ4n) is 8.87. The quantitative estimate of drug-likeness (QED) is 0.176. The SMILES string of the molecule is Cc1ccc2c(c1)c1cc(-c3ccc4c(c3)-c3cc(-c5ccc6c(c5)c5cc(C)ccc5n6-c5ccccc5)ccc3C4)ccc1n2-c1ccccc1. The van der Waals surface area contributed by atoms with Gasteiger partial charge in [-0.05, 0) is 150 Å². The molecule has 250 valence electrons. The van der Waals surface area contributed by atoms with E-state index in [1.807, 2.05) is 0 Å². The molecule has 2 nitrogen and oxygen atoms in total. The van der Waals surface area contributed by atoms with Gasteiger partial charge in [-0.3, -0.25) is 0 Å². The fraction of sp³-hybridized carbons (Fsp3) is 0.0588. The molecule has 53 heavy (non-hydrogen) atoms. The van der Waals surface area contributed by atoms with Crippen molar-refractivity contribution in [1.82, 2.24) is 9.13 Å². The first-order chi connectivity index (χ1) is 26.1. The molecule has 8 aromatic carbocycles. The van der Waals surface area contributed by atoms with Crippen molar-refractivity contribution in [1.29, 1.82) is 0 Å². The van der Waals surface area contributed by atoms with Crippen LogP contribution in [0.5, 0.6) is 0 Å². The molecule has 2 heteroatoms. The Balaban J connectivity index is 1.02. The van der Waals surface area contributed by atoms with Crippen LogP contribution in [0.4, 0.5) is 0 Å². The van der Waals surface area contributed by atoms with Crippen LogP contribution in [0.25, 0.3) is 88.4 Å². The Bertz CT molecular complexity index is 2880. The van der Waals surface area contributed by atoms with E-state index in [1.54, 1.807) is 0 Å². The van der Waals surface area contributed by atoms with Crippen molar-refractivity contribution in [3.8, 4) is 44.8 Å². The van der Waals surface area contributed by atoms with Gasteiger partial charge in [-0.1, -0.05) is 96.1 Å². The monoisotopic (exact) mass is 676 g/mol. The van der Waals surface area contributed by atoms with Crippen LogP contribution in [0.15, 0.2) is 170 Å². The molecule has 0 aliphatic heterocycles. The van der Waals surface area contributed by atoms with Crippen molar-refractivity contribution < 1.29 is 0 Å². The molecule has 0 fully saturated rings. The summed E-state index contributed by atoms with van der Waals surface area (Å²) >= 11 is 0. The summed E-state index contributed by atoms with van der Waals surface area (Å²) in [6, 6.07) is 63.2. The third kappa shape index (κ3) is 4.65. The minimum Gasteiger partial charge on any atom is -0.309 e. The molecule has 0 atom stereocenters. The maximum Gasteiger partial charge on any atom is 0.0541 e. The second-order valence-electron chi connectivity index (χ2n) is 14.8. The van der Waals surface area contributed by atoms with Crippen LogP contribution >= 0.6 is 0 Å². The van der Waals surface area contributed by atoms with Gasteiger partial charge in [-0.2, -0.15) is 0 Å². The van der Waals surface area contributed by atoms with Crippen LogP contribution in [0, 0.1) is 13.8 Å². The van der Waals surface area contributed by atoms with Gasteiger partial charge in [0.2, 0.25) is 0 Å². The van der Waals surface area contributed by atoms with Crippen molar-refractivity contribution in [3.05, 3.63) is 192 Å². The van der Waals surface area contributed by atoms with E-state index in [4.69, 9.17) is 0 Å². The van der Waals surface area contributed by atoms with Gasteiger partial charge < -0.3 is 9.13 Å². The van der Waals surface area contributed by atoms with Crippen LogP contribution in [0.2, 0.25) is 0 Å². The highest BCUT2D eigenvalue weighted by Gasteiger charge is 2.21. The molecule has 2 aromatic heterocycles. The lowest BCUT2D eigenvalue weighted by molar-refractivity contribution is 1.18. The zero-order chi connectivity index (χ0) is 35.2. The summed E-state index contributed by atoms with van der Waals surface area (Å²) in [4.78, 5) is 0. The Morgan fingerprint density at radius 3 is 1.13 bits per heavy atom. The molecule has 0 bridgehead atoms. The second kappa shape index (κ2) is 11.4. The number of aromatic nitrogens is 2. The number of para-hydroxylation sites is 2. The second-order valence-corrected chi connectivity index (χ2v) is 14.8. The van der Waals surface area contributed by atoms with E-state index >= 15 is 0 Å². The molecule has 0 spiro atoms. The highest BCUT2D eigenvalue weighted by atomic mass is 15.0. The molecule has 1 aliphatic carbocycles. The first kappa shape index (κ1) is 30.0. The summed E-state index contributed by atoms with van der Waals surface area (Å²) in [5, 5.41) is 5.15. The van der Waals surface area contributed by atoms with Gasteiger partial charge in [0.25, 0.3) is 0 Å². The van der Waals surface area contributed by atoms with E-state index in [0.717, 1.165) is 6.42 Å². The molecule has 0 amide bonds. The molecule has 0 saturated heterocycles. The number of nitrogens with zero attached hydrogens (tertiary/aromatic N) is 2. The molecule has 1 aliphatic rings. The van der Waals surface area contributed by atoms with Crippen molar-refractivity contribution in [2.24, 2.45) is 0 Å². The summed E-state index contributed by atoms with van der Waals surface area (Å²) < 4.78 is 4.79. The van der Waals surface area contributed by atoms with Gasteiger partial charge in [-0.15, -0.1) is 0 Å². The number of hydrogen-bond acceptors (Lipinski definition) is 0. The molecule has 0 N–H and O–H groups in total. The van der Waals surface area contributed by atoms with E-state index in [1.165, 1.54) is 111 Å². The minimum absolute atomic E-state index is 0.969. The maximum atomic E-state index is 2.42. The van der Waals surface area contributed by atoms with Gasteiger partial charge >= 0.3 is 0 Å². The van der Waals surface area contributed by atoms with E-state index in [-0.39, 0.29) is 0 Å². The number of hydrogen-bond donors (Lipinski definition) is 0. The maximum absolute atomic E-state index is 2.42. The van der Waals surface area contributed by atoms with Crippen LogP contribution < -0.4 is 0 Å². The normalized spacial score (nSPS) is 12.3. The van der Waals surface area contributed by atoms with Crippen LogP contribution in [-0.4, -0.2) is 9.13 Å². The summed E-state index contributed by atoms with van der Waals surface area (Å²) in [6.07, 6.45) is 0.969. The van der Waals surface area contributed by atoms with Gasteiger partial charge in [-0.25, -0.2) is 0 Å². The van der Waals surface area contributed by atoms with Crippen molar-refractivity contribution in [3.63, 3.8) is 0 Å².